The minimum Gasteiger partial charge on any atom is -0.497 e. The standard InChI is InChI=1S/C16H14BrNO2/c1-20-15-9-7-14(8-10-15)18-16(19)11-4-12-2-5-13(17)6-3-12/h2-11H,1H3,(H,18,19)/b11-4+. The van der Waals surface area contributed by atoms with Crippen LogP contribution in [0.4, 0.5) is 5.69 Å². The summed E-state index contributed by atoms with van der Waals surface area (Å²) in [5, 5.41) is 2.78. The number of rotatable bonds is 4. The number of halogens is 1. The predicted octanol–water partition coefficient (Wildman–Crippen LogP) is 4.11. The molecule has 0 aliphatic heterocycles. The monoisotopic (exact) mass is 331 g/mol. The summed E-state index contributed by atoms with van der Waals surface area (Å²) in [5.41, 5.74) is 1.70. The normalized spacial score (nSPS) is 10.5. The third-order valence-electron chi connectivity index (χ3n) is 2.65. The fourth-order valence-corrected chi connectivity index (χ4v) is 1.87. The van der Waals surface area contributed by atoms with Gasteiger partial charge in [-0.1, -0.05) is 28.1 Å². The quantitative estimate of drug-likeness (QED) is 0.856. The van der Waals surface area contributed by atoms with Gasteiger partial charge in [0.25, 0.3) is 0 Å². The highest BCUT2D eigenvalue weighted by Crippen LogP contribution is 2.15. The van der Waals surface area contributed by atoms with E-state index in [0.29, 0.717) is 0 Å². The highest BCUT2D eigenvalue weighted by molar-refractivity contribution is 9.10. The molecule has 20 heavy (non-hydrogen) atoms. The van der Waals surface area contributed by atoms with E-state index >= 15 is 0 Å². The van der Waals surface area contributed by atoms with Crippen LogP contribution in [0.25, 0.3) is 6.08 Å². The molecule has 0 radical (unpaired) electrons. The second kappa shape index (κ2) is 6.91. The number of anilines is 1. The summed E-state index contributed by atoms with van der Waals surface area (Å²) < 4.78 is 6.07. The SMILES string of the molecule is COc1ccc(NC(=O)/C=C/c2ccc(Br)cc2)cc1. The van der Waals surface area contributed by atoms with Gasteiger partial charge >= 0.3 is 0 Å². The fraction of sp³-hybridized carbons (Fsp3) is 0.0625. The summed E-state index contributed by atoms with van der Waals surface area (Å²) >= 11 is 3.37. The molecule has 1 amide bonds. The van der Waals surface area contributed by atoms with E-state index in [9.17, 15) is 4.79 Å². The first-order chi connectivity index (χ1) is 9.67. The number of hydrogen-bond donors (Lipinski definition) is 1. The van der Waals surface area contributed by atoms with Crippen molar-refractivity contribution in [1.82, 2.24) is 0 Å². The van der Waals surface area contributed by atoms with Gasteiger partial charge in [-0.05, 0) is 48.0 Å². The molecule has 0 unspecified atom stereocenters. The van der Waals surface area contributed by atoms with Crippen molar-refractivity contribution < 1.29 is 9.53 Å². The fourth-order valence-electron chi connectivity index (χ4n) is 1.60. The third-order valence-corrected chi connectivity index (χ3v) is 3.18. The molecule has 4 heteroatoms. The van der Waals surface area contributed by atoms with Crippen LogP contribution in [0.5, 0.6) is 5.75 Å². The van der Waals surface area contributed by atoms with Crippen LogP contribution in [0.3, 0.4) is 0 Å². The van der Waals surface area contributed by atoms with Crippen molar-refractivity contribution in [2.45, 2.75) is 0 Å². The number of carbonyl (C=O) groups is 1. The Morgan fingerprint density at radius 1 is 1.10 bits per heavy atom. The summed E-state index contributed by atoms with van der Waals surface area (Å²) in [4.78, 5) is 11.8. The van der Waals surface area contributed by atoms with E-state index in [2.05, 4.69) is 21.2 Å². The molecule has 0 saturated heterocycles. The summed E-state index contributed by atoms with van der Waals surface area (Å²) in [5.74, 6) is 0.589. The first-order valence-electron chi connectivity index (χ1n) is 6.06. The highest BCUT2D eigenvalue weighted by atomic mass is 79.9. The van der Waals surface area contributed by atoms with Gasteiger partial charge in [0.1, 0.15) is 5.75 Å². The van der Waals surface area contributed by atoms with Gasteiger partial charge < -0.3 is 10.1 Å². The molecule has 2 aromatic rings. The molecule has 0 bridgehead atoms. The van der Waals surface area contributed by atoms with Crippen LogP contribution in [0, 0.1) is 0 Å². The lowest BCUT2D eigenvalue weighted by Crippen LogP contribution is -2.07. The van der Waals surface area contributed by atoms with Gasteiger partial charge in [0, 0.05) is 16.2 Å². The average Bonchev–Trinajstić information content (AvgIpc) is 2.47. The Morgan fingerprint density at radius 2 is 1.75 bits per heavy atom. The van der Waals surface area contributed by atoms with Gasteiger partial charge in [0.05, 0.1) is 7.11 Å². The average molecular weight is 332 g/mol. The van der Waals surface area contributed by atoms with Crippen LogP contribution in [0.2, 0.25) is 0 Å². The number of benzene rings is 2. The predicted molar refractivity (Wildman–Crippen MR) is 84.8 cm³/mol. The lowest BCUT2D eigenvalue weighted by atomic mass is 10.2. The van der Waals surface area contributed by atoms with Crippen LogP contribution in [-0.4, -0.2) is 13.0 Å². The Kier molecular flexibility index (Phi) is 4.96. The topological polar surface area (TPSA) is 38.3 Å². The maximum absolute atomic E-state index is 11.8. The van der Waals surface area contributed by atoms with Gasteiger partial charge in [-0.3, -0.25) is 4.79 Å². The van der Waals surface area contributed by atoms with Gasteiger partial charge in [0.15, 0.2) is 0 Å². The van der Waals surface area contributed by atoms with Crippen molar-refractivity contribution in [3.05, 3.63) is 64.6 Å². The second-order valence-electron chi connectivity index (χ2n) is 4.10. The molecule has 0 heterocycles. The molecule has 0 spiro atoms. The van der Waals surface area contributed by atoms with Crippen LogP contribution in [-0.2, 0) is 4.79 Å². The molecule has 0 saturated carbocycles. The second-order valence-corrected chi connectivity index (χ2v) is 5.02. The van der Waals surface area contributed by atoms with E-state index in [1.165, 1.54) is 6.08 Å². The molecule has 0 aromatic heterocycles. The molecular formula is C16H14BrNO2. The number of carbonyl (C=O) groups excluding carboxylic acids is 1. The van der Waals surface area contributed by atoms with Crippen molar-refractivity contribution in [2.24, 2.45) is 0 Å². The number of hydrogen-bond acceptors (Lipinski definition) is 2. The van der Waals surface area contributed by atoms with Crippen LogP contribution in [0.1, 0.15) is 5.56 Å². The zero-order valence-corrected chi connectivity index (χ0v) is 12.6. The maximum atomic E-state index is 11.8. The molecule has 1 N–H and O–H groups in total. The van der Waals surface area contributed by atoms with E-state index in [4.69, 9.17) is 4.74 Å². The smallest absolute Gasteiger partial charge is 0.248 e. The van der Waals surface area contributed by atoms with Crippen molar-refractivity contribution in [2.75, 3.05) is 12.4 Å². The number of ether oxygens (including phenoxy) is 1. The first-order valence-corrected chi connectivity index (χ1v) is 6.85. The van der Waals surface area contributed by atoms with Gasteiger partial charge in [-0.15, -0.1) is 0 Å². The molecule has 0 aliphatic rings. The van der Waals surface area contributed by atoms with Crippen LogP contribution < -0.4 is 10.1 Å². The van der Waals surface area contributed by atoms with Crippen molar-refractivity contribution in [3.8, 4) is 5.75 Å². The zero-order chi connectivity index (χ0) is 14.4. The molecule has 2 rings (SSSR count). The number of methoxy groups -OCH3 is 1. The number of nitrogens with one attached hydrogen (secondary N) is 1. The van der Waals surface area contributed by atoms with Crippen LogP contribution in [0.15, 0.2) is 59.1 Å². The molecule has 0 fully saturated rings. The Bertz CT molecular complexity index is 603. The first kappa shape index (κ1) is 14.3. The van der Waals surface area contributed by atoms with Crippen LogP contribution >= 0.6 is 15.9 Å². The van der Waals surface area contributed by atoms with Gasteiger partial charge in [-0.2, -0.15) is 0 Å². The molecule has 3 nitrogen and oxygen atoms in total. The molecular weight excluding hydrogens is 318 g/mol. The Morgan fingerprint density at radius 3 is 2.35 bits per heavy atom. The van der Waals surface area contributed by atoms with Gasteiger partial charge in [0.2, 0.25) is 5.91 Å². The van der Waals surface area contributed by atoms with Crippen molar-refractivity contribution in [1.29, 1.82) is 0 Å². The molecule has 0 aliphatic carbocycles. The summed E-state index contributed by atoms with van der Waals surface area (Å²) in [6, 6.07) is 14.9. The minimum atomic E-state index is -0.168. The van der Waals surface area contributed by atoms with E-state index in [0.717, 1.165) is 21.5 Å². The molecule has 0 atom stereocenters. The Labute approximate surface area is 126 Å². The lowest BCUT2D eigenvalue weighted by molar-refractivity contribution is -0.111. The number of amides is 1. The molecule has 102 valence electrons. The summed E-state index contributed by atoms with van der Waals surface area (Å²) in [7, 11) is 1.61. The van der Waals surface area contributed by atoms with E-state index < -0.39 is 0 Å². The largest absolute Gasteiger partial charge is 0.497 e. The van der Waals surface area contributed by atoms with Crippen molar-refractivity contribution in [3.63, 3.8) is 0 Å². The van der Waals surface area contributed by atoms with Gasteiger partial charge in [-0.25, -0.2) is 0 Å². The van der Waals surface area contributed by atoms with E-state index in [-0.39, 0.29) is 5.91 Å². The highest BCUT2D eigenvalue weighted by Gasteiger charge is 1.98. The third kappa shape index (κ3) is 4.24. The minimum absolute atomic E-state index is 0.168. The van der Waals surface area contributed by atoms with Crippen molar-refractivity contribution >= 4 is 33.6 Å². The molecule has 2 aromatic carbocycles. The Hall–Kier alpha value is -2.07. The maximum Gasteiger partial charge on any atom is 0.248 e. The van der Waals surface area contributed by atoms with E-state index in [1.54, 1.807) is 37.5 Å². The zero-order valence-electron chi connectivity index (χ0n) is 11.0. The summed E-state index contributed by atoms with van der Waals surface area (Å²) in [6.07, 6.45) is 3.28. The Balaban J connectivity index is 1.96. The van der Waals surface area contributed by atoms with E-state index in [1.807, 2.05) is 24.3 Å². The lowest BCUT2D eigenvalue weighted by Gasteiger charge is -2.03. The summed E-state index contributed by atoms with van der Waals surface area (Å²) in [6.45, 7) is 0.